The molecule has 1 saturated heterocycles. The minimum absolute atomic E-state index is 0.00393. The van der Waals surface area contributed by atoms with Gasteiger partial charge in [-0.05, 0) is 33.6 Å². The molecule has 0 bridgehead atoms. The molecule has 1 heterocycles. The van der Waals surface area contributed by atoms with E-state index in [0.29, 0.717) is 19.0 Å². The predicted molar refractivity (Wildman–Crippen MR) is 80.4 cm³/mol. The number of likely N-dealkylation sites (tertiary alicyclic amines) is 1. The van der Waals surface area contributed by atoms with Gasteiger partial charge < -0.3 is 15.5 Å². The monoisotopic (exact) mass is 283 g/mol. The summed E-state index contributed by atoms with van der Waals surface area (Å²) < 4.78 is 0. The van der Waals surface area contributed by atoms with E-state index in [9.17, 15) is 9.59 Å². The fourth-order valence-electron chi connectivity index (χ4n) is 2.44. The van der Waals surface area contributed by atoms with E-state index in [2.05, 4.69) is 10.6 Å². The van der Waals surface area contributed by atoms with Crippen LogP contribution in [0, 0.1) is 0 Å². The SMILES string of the molecule is CC(C)NC1CCCN(CCC(=O)NC(C)(C)C)C1=O. The van der Waals surface area contributed by atoms with Crippen molar-refractivity contribution >= 4 is 11.8 Å². The maximum Gasteiger partial charge on any atom is 0.239 e. The fraction of sp³-hybridized carbons (Fsp3) is 0.867. The molecule has 1 unspecified atom stereocenters. The first-order valence-corrected chi connectivity index (χ1v) is 7.55. The zero-order valence-corrected chi connectivity index (χ0v) is 13.5. The molecular formula is C15H29N3O2. The molecule has 5 nitrogen and oxygen atoms in total. The van der Waals surface area contributed by atoms with Crippen molar-refractivity contribution in [2.45, 2.75) is 71.5 Å². The van der Waals surface area contributed by atoms with Crippen LogP contribution in [0.3, 0.4) is 0 Å². The third kappa shape index (κ3) is 5.90. The first-order valence-electron chi connectivity index (χ1n) is 7.55. The first kappa shape index (κ1) is 17.0. The topological polar surface area (TPSA) is 61.4 Å². The Morgan fingerprint density at radius 3 is 2.60 bits per heavy atom. The van der Waals surface area contributed by atoms with E-state index in [0.717, 1.165) is 19.4 Å². The van der Waals surface area contributed by atoms with E-state index in [-0.39, 0.29) is 23.4 Å². The summed E-state index contributed by atoms with van der Waals surface area (Å²) in [5, 5.41) is 6.22. The van der Waals surface area contributed by atoms with Crippen LogP contribution < -0.4 is 10.6 Å². The van der Waals surface area contributed by atoms with Crippen LogP contribution in [0.5, 0.6) is 0 Å². The Bertz CT molecular complexity index is 348. The van der Waals surface area contributed by atoms with Crippen molar-refractivity contribution in [1.29, 1.82) is 0 Å². The Kier molecular flexibility index (Phi) is 5.99. The Labute approximate surface area is 122 Å². The highest BCUT2D eigenvalue weighted by molar-refractivity contribution is 5.83. The van der Waals surface area contributed by atoms with Gasteiger partial charge in [0.15, 0.2) is 0 Å². The van der Waals surface area contributed by atoms with Gasteiger partial charge in [0, 0.05) is 31.1 Å². The van der Waals surface area contributed by atoms with Crippen molar-refractivity contribution in [3.63, 3.8) is 0 Å². The van der Waals surface area contributed by atoms with Crippen LogP contribution in [0.2, 0.25) is 0 Å². The molecule has 20 heavy (non-hydrogen) atoms. The highest BCUT2D eigenvalue weighted by Gasteiger charge is 2.29. The molecule has 0 aromatic rings. The number of carbonyl (C=O) groups excluding carboxylic acids is 2. The molecule has 0 aliphatic carbocycles. The molecule has 1 atom stereocenters. The molecule has 1 aliphatic heterocycles. The van der Waals surface area contributed by atoms with Crippen molar-refractivity contribution in [3.05, 3.63) is 0 Å². The summed E-state index contributed by atoms with van der Waals surface area (Å²) >= 11 is 0. The van der Waals surface area contributed by atoms with Crippen LogP contribution in [-0.4, -0.2) is 47.4 Å². The Balaban J connectivity index is 2.43. The molecule has 1 rings (SSSR count). The number of hydrogen-bond donors (Lipinski definition) is 2. The van der Waals surface area contributed by atoms with E-state index in [1.807, 2.05) is 39.5 Å². The minimum Gasteiger partial charge on any atom is -0.351 e. The van der Waals surface area contributed by atoms with Crippen molar-refractivity contribution < 1.29 is 9.59 Å². The smallest absolute Gasteiger partial charge is 0.239 e. The first-order chi connectivity index (χ1) is 9.19. The Morgan fingerprint density at radius 1 is 1.40 bits per heavy atom. The van der Waals surface area contributed by atoms with E-state index < -0.39 is 0 Å². The van der Waals surface area contributed by atoms with Crippen LogP contribution in [0.15, 0.2) is 0 Å². The average Bonchev–Trinajstić information content (AvgIpc) is 2.27. The second-order valence-electron chi connectivity index (χ2n) is 6.89. The zero-order chi connectivity index (χ0) is 15.3. The van der Waals surface area contributed by atoms with Gasteiger partial charge in [-0.1, -0.05) is 13.8 Å². The fourth-order valence-corrected chi connectivity index (χ4v) is 2.44. The van der Waals surface area contributed by atoms with Crippen molar-refractivity contribution in [2.24, 2.45) is 0 Å². The summed E-state index contributed by atoms with van der Waals surface area (Å²) in [6, 6.07) is 0.211. The van der Waals surface area contributed by atoms with Crippen molar-refractivity contribution in [2.75, 3.05) is 13.1 Å². The second kappa shape index (κ2) is 7.07. The molecule has 0 aromatic carbocycles. The van der Waals surface area contributed by atoms with Crippen LogP contribution in [0.4, 0.5) is 0 Å². The van der Waals surface area contributed by atoms with Gasteiger partial charge in [0.25, 0.3) is 0 Å². The van der Waals surface area contributed by atoms with Crippen molar-refractivity contribution in [1.82, 2.24) is 15.5 Å². The summed E-state index contributed by atoms with van der Waals surface area (Å²) in [6.45, 7) is 11.2. The van der Waals surface area contributed by atoms with E-state index in [1.165, 1.54) is 0 Å². The van der Waals surface area contributed by atoms with Gasteiger partial charge in [-0.25, -0.2) is 0 Å². The lowest BCUT2D eigenvalue weighted by Gasteiger charge is -2.33. The van der Waals surface area contributed by atoms with Gasteiger partial charge in [-0.15, -0.1) is 0 Å². The van der Waals surface area contributed by atoms with Gasteiger partial charge in [-0.2, -0.15) is 0 Å². The zero-order valence-electron chi connectivity index (χ0n) is 13.5. The molecule has 1 aliphatic rings. The maximum absolute atomic E-state index is 12.3. The largest absolute Gasteiger partial charge is 0.351 e. The van der Waals surface area contributed by atoms with E-state index in [1.54, 1.807) is 0 Å². The Morgan fingerprint density at radius 2 is 2.05 bits per heavy atom. The molecule has 0 radical (unpaired) electrons. The van der Waals surface area contributed by atoms with Crippen molar-refractivity contribution in [3.8, 4) is 0 Å². The quantitative estimate of drug-likeness (QED) is 0.799. The third-order valence-electron chi connectivity index (χ3n) is 3.19. The average molecular weight is 283 g/mol. The molecule has 1 fully saturated rings. The third-order valence-corrected chi connectivity index (χ3v) is 3.19. The lowest BCUT2D eigenvalue weighted by atomic mass is 10.0. The Hall–Kier alpha value is -1.10. The number of hydrogen-bond acceptors (Lipinski definition) is 3. The van der Waals surface area contributed by atoms with E-state index in [4.69, 9.17) is 0 Å². The summed E-state index contributed by atoms with van der Waals surface area (Å²) in [5.74, 6) is 0.137. The minimum atomic E-state index is -0.218. The number of rotatable bonds is 5. The summed E-state index contributed by atoms with van der Waals surface area (Å²) in [7, 11) is 0. The molecular weight excluding hydrogens is 254 g/mol. The molecule has 116 valence electrons. The molecule has 0 aromatic heterocycles. The van der Waals surface area contributed by atoms with Gasteiger partial charge in [0.05, 0.1) is 6.04 Å². The van der Waals surface area contributed by atoms with Crippen LogP contribution >= 0.6 is 0 Å². The molecule has 5 heteroatoms. The van der Waals surface area contributed by atoms with Gasteiger partial charge >= 0.3 is 0 Å². The lowest BCUT2D eigenvalue weighted by Crippen LogP contribution is -2.53. The van der Waals surface area contributed by atoms with Gasteiger partial charge in [0.2, 0.25) is 11.8 Å². The summed E-state index contributed by atoms with van der Waals surface area (Å²) in [4.78, 5) is 25.9. The summed E-state index contributed by atoms with van der Waals surface area (Å²) in [6.07, 6.45) is 2.26. The van der Waals surface area contributed by atoms with Gasteiger partial charge in [-0.3, -0.25) is 9.59 Å². The number of amides is 2. The maximum atomic E-state index is 12.3. The lowest BCUT2D eigenvalue weighted by molar-refractivity contribution is -0.136. The number of nitrogens with one attached hydrogen (secondary N) is 2. The second-order valence-corrected chi connectivity index (χ2v) is 6.89. The highest BCUT2D eigenvalue weighted by Crippen LogP contribution is 2.13. The standard InChI is InChI=1S/C15H29N3O2/c1-11(2)16-12-7-6-9-18(14(12)20)10-8-13(19)17-15(3,4)5/h11-12,16H,6-10H2,1-5H3,(H,17,19). The number of carbonyl (C=O) groups is 2. The van der Waals surface area contributed by atoms with Crippen LogP contribution in [0.1, 0.15) is 53.9 Å². The molecule has 0 spiro atoms. The van der Waals surface area contributed by atoms with E-state index >= 15 is 0 Å². The van der Waals surface area contributed by atoms with Gasteiger partial charge in [0.1, 0.15) is 0 Å². The van der Waals surface area contributed by atoms with Crippen LogP contribution in [-0.2, 0) is 9.59 Å². The number of nitrogens with zero attached hydrogens (tertiary/aromatic N) is 1. The molecule has 0 saturated carbocycles. The predicted octanol–water partition coefficient (Wildman–Crippen LogP) is 1.28. The van der Waals surface area contributed by atoms with Crippen LogP contribution in [0.25, 0.3) is 0 Å². The molecule has 2 N–H and O–H groups in total. The normalized spacial score (nSPS) is 20.4. The summed E-state index contributed by atoms with van der Waals surface area (Å²) in [5.41, 5.74) is -0.218. The molecule has 2 amide bonds. The number of piperidine rings is 1. The highest BCUT2D eigenvalue weighted by atomic mass is 16.2.